The van der Waals surface area contributed by atoms with E-state index in [0.29, 0.717) is 6.29 Å². The molecule has 0 aliphatic heterocycles. The van der Waals surface area contributed by atoms with E-state index in [9.17, 15) is 24.0 Å². The zero-order valence-corrected chi connectivity index (χ0v) is 13.7. The zero-order valence-electron chi connectivity index (χ0n) is 13.7. The Kier molecular flexibility index (Phi) is 8.53. The van der Waals surface area contributed by atoms with Crippen LogP contribution in [0, 0.1) is 0 Å². The summed E-state index contributed by atoms with van der Waals surface area (Å²) in [6, 6.07) is -1.22. The summed E-state index contributed by atoms with van der Waals surface area (Å²) >= 11 is 0. The second-order valence-electron chi connectivity index (χ2n) is 4.83. The lowest BCUT2D eigenvalue weighted by Crippen LogP contribution is -2.57. The summed E-state index contributed by atoms with van der Waals surface area (Å²) in [5.41, 5.74) is 0. The number of carbonyl (C=O) groups excluding carboxylic acids is 5. The molecular formula is C14H21NO8. The van der Waals surface area contributed by atoms with Crippen molar-refractivity contribution in [2.75, 3.05) is 0 Å². The number of ether oxygens (including phenoxy) is 3. The van der Waals surface area contributed by atoms with Gasteiger partial charge in [0.05, 0.1) is 0 Å². The van der Waals surface area contributed by atoms with Crippen LogP contribution in [0.3, 0.4) is 0 Å². The molecule has 23 heavy (non-hydrogen) atoms. The molecule has 1 N–H and O–H groups in total. The van der Waals surface area contributed by atoms with Gasteiger partial charge in [0.15, 0.2) is 18.5 Å². The predicted octanol–water partition coefficient (Wildman–Crippen LogP) is -0.495. The molecule has 0 bridgehead atoms. The van der Waals surface area contributed by atoms with Gasteiger partial charge in [0.2, 0.25) is 5.91 Å². The molecular weight excluding hydrogens is 310 g/mol. The SMILES string of the molecule is CC(=O)N[C@@H]([C@H](OC(C)=O)[C@@H](C)OC(C)=O)[C@@H](C=O)OC(C)=O. The van der Waals surface area contributed by atoms with Crippen molar-refractivity contribution in [2.45, 2.75) is 59.0 Å². The maximum atomic E-state index is 11.4. The summed E-state index contributed by atoms with van der Waals surface area (Å²) in [7, 11) is 0. The topological polar surface area (TPSA) is 125 Å². The highest BCUT2D eigenvalue weighted by molar-refractivity contribution is 5.76. The summed E-state index contributed by atoms with van der Waals surface area (Å²) in [5, 5.41) is 2.38. The number of hydrogen-bond acceptors (Lipinski definition) is 8. The van der Waals surface area contributed by atoms with Gasteiger partial charge in [-0.15, -0.1) is 0 Å². The van der Waals surface area contributed by atoms with Crippen molar-refractivity contribution in [1.29, 1.82) is 0 Å². The van der Waals surface area contributed by atoms with Crippen LogP contribution in [0.1, 0.15) is 34.6 Å². The van der Waals surface area contributed by atoms with Crippen LogP contribution in [-0.2, 0) is 38.2 Å². The molecule has 0 fully saturated rings. The second kappa shape index (κ2) is 9.54. The summed E-state index contributed by atoms with van der Waals surface area (Å²) in [4.78, 5) is 56.1. The third-order valence-corrected chi connectivity index (χ3v) is 2.63. The van der Waals surface area contributed by atoms with Gasteiger partial charge in [-0.2, -0.15) is 0 Å². The lowest BCUT2D eigenvalue weighted by molar-refractivity contribution is -0.173. The van der Waals surface area contributed by atoms with E-state index in [1.54, 1.807) is 0 Å². The molecule has 130 valence electrons. The first-order valence-electron chi connectivity index (χ1n) is 6.82. The Labute approximate surface area is 133 Å². The molecule has 0 saturated carbocycles. The largest absolute Gasteiger partial charge is 0.459 e. The van der Waals surface area contributed by atoms with E-state index in [-0.39, 0.29) is 0 Å². The van der Waals surface area contributed by atoms with Crippen molar-refractivity contribution in [2.24, 2.45) is 0 Å². The highest BCUT2D eigenvalue weighted by Gasteiger charge is 2.39. The zero-order chi connectivity index (χ0) is 18.2. The third-order valence-electron chi connectivity index (χ3n) is 2.63. The molecule has 9 heteroatoms. The van der Waals surface area contributed by atoms with Crippen LogP contribution in [-0.4, -0.2) is 54.5 Å². The molecule has 0 aromatic rings. The van der Waals surface area contributed by atoms with Crippen molar-refractivity contribution in [3.8, 4) is 0 Å². The van der Waals surface area contributed by atoms with Gasteiger partial charge < -0.3 is 19.5 Å². The number of aldehydes is 1. The molecule has 0 saturated heterocycles. The average Bonchev–Trinajstić information content (AvgIpc) is 2.38. The van der Waals surface area contributed by atoms with Crippen LogP contribution in [0.4, 0.5) is 0 Å². The van der Waals surface area contributed by atoms with E-state index in [0.717, 1.165) is 20.8 Å². The smallest absolute Gasteiger partial charge is 0.303 e. The van der Waals surface area contributed by atoms with Crippen molar-refractivity contribution < 1.29 is 38.2 Å². The van der Waals surface area contributed by atoms with Crippen LogP contribution >= 0.6 is 0 Å². The number of rotatable bonds is 8. The number of nitrogens with one attached hydrogen (secondary N) is 1. The van der Waals surface area contributed by atoms with E-state index in [1.807, 2.05) is 0 Å². The predicted molar refractivity (Wildman–Crippen MR) is 76.0 cm³/mol. The van der Waals surface area contributed by atoms with Gasteiger partial charge in [-0.3, -0.25) is 24.0 Å². The van der Waals surface area contributed by atoms with Gasteiger partial charge in [-0.05, 0) is 6.92 Å². The Bertz CT molecular complexity index is 475. The first-order valence-corrected chi connectivity index (χ1v) is 6.82. The molecule has 0 radical (unpaired) electrons. The molecule has 0 aromatic heterocycles. The molecule has 9 nitrogen and oxygen atoms in total. The van der Waals surface area contributed by atoms with Crippen LogP contribution < -0.4 is 5.32 Å². The maximum Gasteiger partial charge on any atom is 0.303 e. The number of carbonyl (C=O) groups is 5. The molecule has 0 rings (SSSR count). The lowest BCUT2D eigenvalue weighted by Gasteiger charge is -2.33. The standard InChI is InChI=1S/C14H21NO8/c1-7(21-9(3)18)14(23-11(5)20)13(15-8(2)17)12(6-16)22-10(4)19/h6-7,12-14H,1-5H3,(H,15,17)/t7-,12-,13-,14-/m1/s1. The van der Waals surface area contributed by atoms with Gasteiger partial charge in [0.25, 0.3) is 0 Å². The van der Waals surface area contributed by atoms with Gasteiger partial charge >= 0.3 is 17.9 Å². The monoisotopic (exact) mass is 331 g/mol. The van der Waals surface area contributed by atoms with E-state index < -0.39 is 48.2 Å². The maximum absolute atomic E-state index is 11.4. The first-order chi connectivity index (χ1) is 10.6. The van der Waals surface area contributed by atoms with E-state index in [1.165, 1.54) is 13.8 Å². The Hall–Kier alpha value is -2.45. The third kappa shape index (κ3) is 7.93. The minimum absolute atomic E-state index is 0.291. The van der Waals surface area contributed by atoms with Crippen molar-refractivity contribution >= 4 is 30.1 Å². The average molecular weight is 331 g/mol. The fourth-order valence-corrected chi connectivity index (χ4v) is 1.94. The molecule has 0 spiro atoms. The van der Waals surface area contributed by atoms with Crippen molar-refractivity contribution in [3.05, 3.63) is 0 Å². The second-order valence-corrected chi connectivity index (χ2v) is 4.83. The fourth-order valence-electron chi connectivity index (χ4n) is 1.94. The Morgan fingerprint density at radius 2 is 1.35 bits per heavy atom. The Balaban J connectivity index is 5.62. The van der Waals surface area contributed by atoms with E-state index in [4.69, 9.17) is 14.2 Å². The van der Waals surface area contributed by atoms with Gasteiger partial charge in [-0.1, -0.05) is 0 Å². The molecule has 0 aliphatic rings. The molecule has 4 atom stereocenters. The summed E-state index contributed by atoms with van der Waals surface area (Å²) in [5.74, 6) is -2.69. The van der Waals surface area contributed by atoms with Gasteiger partial charge in [0, 0.05) is 27.7 Å². The summed E-state index contributed by atoms with van der Waals surface area (Å²) in [6.45, 7) is 5.93. The number of hydrogen-bond donors (Lipinski definition) is 1. The van der Waals surface area contributed by atoms with Gasteiger partial charge in [0.1, 0.15) is 12.1 Å². The minimum Gasteiger partial charge on any atom is -0.459 e. The lowest BCUT2D eigenvalue weighted by atomic mass is 10.0. The van der Waals surface area contributed by atoms with Crippen LogP contribution in [0.25, 0.3) is 0 Å². The quantitative estimate of drug-likeness (QED) is 0.359. The summed E-state index contributed by atoms with van der Waals surface area (Å²) in [6.07, 6.45) is -3.35. The number of esters is 3. The van der Waals surface area contributed by atoms with Crippen LogP contribution in [0.15, 0.2) is 0 Å². The fraction of sp³-hybridized carbons (Fsp3) is 0.643. The highest BCUT2D eigenvalue weighted by atomic mass is 16.6. The van der Waals surface area contributed by atoms with Crippen LogP contribution in [0.5, 0.6) is 0 Å². The molecule has 0 aromatic carbocycles. The molecule has 0 aliphatic carbocycles. The molecule has 0 heterocycles. The Morgan fingerprint density at radius 3 is 1.70 bits per heavy atom. The molecule has 1 amide bonds. The minimum atomic E-state index is -1.42. The first kappa shape index (κ1) is 20.6. The van der Waals surface area contributed by atoms with E-state index >= 15 is 0 Å². The van der Waals surface area contributed by atoms with Crippen molar-refractivity contribution in [1.82, 2.24) is 5.32 Å². The summed E-state index contributed by atoms with van der Waals surface area (Å²) < 4.78 is 14.8. The molecule has 0 unspecified atom stereocenters. The highest BCUT2D eigenvalue weighted by Crippen LogP contribution is 2.15. The Morgan fingerprint density at radius 1 is 0.870 bits per heavy atom. The van der Waals surface area contributed by atoms with Gasteiger partial charge in [-0.25, -0.2) is 0 Å². The normalized spacial score (nSPS) is 15.3. The van der Waals surface area contributed by atoms with Crippen molar-refractivity contribution in [3.63, 3.8) is 0 Å². The number of amides is 1. The van der Waals surface area contributed by atoms with E-state index in [2.05, 4.69) is 5.32 Å². The van der Waals surface area contributed by atoms with Crippen LogP contribution in [0.2, 0.25) is 0 Å².